The Labute approximate surface area is 124 Å². The summed E-state index contributed by atoms with van der Waals surface area (Å²) >= 11 is 0. The van der Waals surface area contributed by atoms with E-state index in [9.17, 15) is 9.18 Å². The number of hydrogen-bond donors (Lipinski definition) is 1. The lowest BCUT2D eigenvalue weighted by molar-refractivity contribution is -0.0924. The van der Waals surface area contributed by atoms with Gasteiger partial charge in [0.15, 0.2) is 0 Å². The lowest BCUT2D eigenvalue weighted by atomic mass is 9.97. The van der Waals surface area contributed by atoms with Gasteiger partial charge >= 0.3 is 5.97 Å². The number of benzene rings is 1. The average molecular weight is 295 g/mol. The SMILES string of the molecule is Cc1c(N)cc(C(=O)OC2CC(C)(C)OC2(C)C)cc1F. The molecular weight excluding hydrogens is 273 g/mol. The Morgan fingerprint density at radius 1 is 1.38 bits per heavy atom. The van der Waals surface area contributed by atoms with Crippen LogP contribution in [-0.2, 0) is 9.47 Å². The molecule has 21 heavy (non-hydrogen) atoms. The van der Waals surface area contributed by atoms with Crippen LogP contribution in [-0.4, -0.2) is 23.3 Å². The van der Waals surface area contributed by atoms with Crippen LogP contribution in [0.3, 0.4) is 0 Å². The number of carbonyl (C=O) groups is 1. The molecule has 1 aromatic rings. The van der Waals surface area contributed by atoms with Crippen molar-refractivity contribution in [2.75, 3.05) is 5.73 Å². The molecule has 2 rings (SSSR count). The van der Waals surface area contributed by atoms with Gasteiger partial charge in [-0.05, 0) is 46.8 Å². The van der Waals surface area contributed by atoms with Crippen molar-refractivity contribution in [1.82, 2.24) is 0 Å². The number of hydrogen-bond acceptors (Lipinski definition) is 4. The van der Waals surface area contributed by atoms with E-state index in [0.29, 0.717) is 12.0 Å². The van der Waals surface area contributed by atoms with Crippen molar-refractivity contribution in [1.29, 1.82) is 0 Å². The fraction of sp³-hybridized carbons (Fsp3) is 0.562. The molecule has 0 bridgehead atoms. The maximum absolute atomic E-state index is 13.7. The van der Waals surface area contributed by atoms with Gasteiger partial charge in [-0.25, -0.2) is 9.18 Å². The zero-order chi connectivity index (χ0) is 16.0. The first-order valence-electron chi connectivity index (χ1n) is 6.99. The van der Waals surface area contributed by atoms with Gasteiger partial charge in [-0.3, -0.25) is 0 Å². The minimum Gasteiger partial charge on any atom is -0.456 e. The molecule has 1 fully saturated rings. The van der Waals surface area contributed by atoms with E-state index in [1.54, 1.807) is 6.92 Å². The summed E-state index contributed by atoms with van der Waals surface area (Å²) in [7, 11) is 0. The van der Waals surface area contributed by atoms with Crippen LogP contribution >= 0.6 is 0 Å². The first-order chi connectivity index (χ1) is 9.52. The van der Waals surface area contributed by atoms with E-state index in [2.05, 4.69) is 0 Å². The molecule has 1 aliphatic heterocycles. The molecule has 0 spiro atoms. The van der Waals surface area contributed by atoms with Gasteiger partial charge in [0.1, 0.15) is 17.5 Å². The Morgan fingerprint density at radius 2 is 2.00 bits per heavy atom. The molecule has 5 heteroatoms. The van der Waals surface area contributed by atoms with Crippen LogP contribution in [0.5, 0.6) is 0 Å². The Kier molecular flexibility index (Phi) is 3.74. The first-order valence-corrected chi connectivity index (χ1v) is 6.99. The highest BCUT2D eigenvalue weighted by Crippen LogP contribution is 2.39. The second-order valence-corrected chi connectivity index (χ2v) is 6.74. The summed E-state index contributed by atoms with van der Waals surface area (Å²) in [5.41, 5.74) is 5.45. The van der Waals surface area contributed by atoms with Crippen molar-refractivity contribution in [3.63, 3.8) is 0 Å². The van der Waals surface area contributed by atoms with Gasteiger partial charge in [-0.1, -0.05) is 0 Å². The molecule has 2 N–H and O–H groups in total. The minimum atomic E-state index is -0.583. The highest BCUT2D eigenvalue weighted by atomic mass is 19.1. The van der Waals surface area contributed by atoms with E-state index in [1.807, 2.05) is 27.7 Å². The van der Waals surface area contributed by atoms with Crippen LogP contribution in [0, 0.1) is 12.7 Å². The number of rotatable bonds is 2. The molecule has 0 saturated carbocycles. The Hall–Kier alpha value is -1.62. The van der Waals surface area contributed by atoms with Gasteiger partial charge < -0.3 is 15.2 Å². The third-order valence-electron chi connectivity index (χ3n) is 3.86. The number of anilines is 1. The summed E-state index contributed by atoms with van der Waals surface area (Å²) in [5.74, 6) is -1.09. The van der Waals surface area contributed by atoms with E-state index >= 15 is 0 Å². The fourth-order valence-corrected chi connectivity index (χ4v) is 2.71. The van der Waals surface area contributed by atoms with Crippen molar-refractivity contribution < 1.29 is 18.7 Å². The van der Waals surface area contributed by atoms with Crippen molar-refractivity contribution in [2.24, 2.45) is 0 Å². The van der Waals surface area contributed by atoms with E-state index in [1.165, 1.54) is 6.07 Å². The second kappa shape index (κ2) is 4.98. The molecule has 116 valence electrons. The fourth-order valence-electron chi connectivity index (χ4n) is 2.71. The molecule has 0 aromatic heterocycles. The zero-order valence-electron chi connectivity index (χ0n) is 13.1. The summed E-state index contributed by atoms with van der Waals surface area (Å²) in [6.45, 7) is 9.22. The third-order valence-corrected chi connectivity index (χ3v) is 3.86. The quantitative estimate of drug-likeness (QED) is 0.672. The van der Waals surface area contributed by atoms with Gasteiger partial charge in [0, 0.05) is 17.7 Å². The highest BCUT2D eigenvalue weighted by Gasteiger charge is 2.48. The first kappa shape index (κ1) is 15.8. The standard InChI is InChI=1S/C16H22FNO3/c1-9-11(17)6-10(7-12(9)18)14(19)20-13-8-15(2,3)21-16(13,4)5/h6-7,13H,8,18H2,1-5H3. The van der Waals surface area contributed by atoms with Crippen LogP contribution in [0.15, 0.2) is 12.1 Å². The van der Waals surface area contributed by atoms with Gasteiger partial charge in [-0.15, -0.1) is 0 Å². The molecule has 1 aliphatic rings. The van der Waals surface area contributed by atoms with E-state index < -0.39 is 17.4 Å². The van der Waals surface area contributed by atoms with Crippen LogP contribution in [0.1, 0.15) is 50.0 Å². The van der Waals surface area contributed by atoms with Gasteiger partial charge in [0.05, 0.1) is 11.2 Å². The van der Waals surface area contributed by atoms with Crippen LogP contribution in [0.4, 0.5) is 10.1 Å². The predicted octanol–water partition coefficient (Wildman–Crippen LogP) is 3.22. The molecule has 0 radical (unpaired) electrons. The van der Waals surface area contributed by atoms with Crippen LogP contribution in [0.2, 0.25) is 0 Å². The van der Waals surface area contributed by atoms with Gasteiger partial charge in [0.2, 0.25) is 0 Å². The van der Waals surface area contributed by atoms with E-state index in [4.69, 9.17) is 15.2 Å². The summed E-state index contributed by atoms with van der Waals surface area (Å²) in [6.07, 6.45) is 0.209. The summed E-state index contributed by atoms with van der Waals surface area (Å²) in [6, 6.07) is 2.59. The normalized spacial score (nSPS) is 23.0. The van der Waals surface area contributed by atoms with E-state index in [-0.39, 0.29) is 23.0 Å². The molecule has 4 nitrogen and oxygen atoms in total. The number of carbonyl (C=O) groups excluding carboxylic acids is 1. The molecule has 1 aromatic carbocycles. The predicted molar refractivity (Wildman–Crippen MR) is 78.6 cm³/mol. The Morgan fingerprint density at radius 3 is 2.48 bits per heavy atom. The van der Waals surface area contributed by atoms with E-state index in [0.717, 1.165) is 6.07 Å². The lowest BCUT2D eigenvalue weighted by Crippen LogP contribution is -2.36. The molecular formula is C16H22FNO3. The highest BCUT2D eigenvalue weighted by molar-refractivity contribution is 5.91. The maximum Gasteiger partial charge on any atom is 0.338 e. The van der Waals surface area contributed by atoms with Crippen molar-refractivity contribution in [3.05, 3.63) is 29.1 Å². The molecule has 1 saturated heterocycles. The summed E-state index contributed by atoms with van der Waals surface area (Å²) in [4.78, 5) is 12.2. The number of nitrogens with two attached hydrogens (primary N) is 1. The Bertz CT molecular complexity index is 558. The molecule has 1 atom stereocenters. The van der Waals surface area contributed by atoms with Crippen LogP contribution in [0.25, 0.3) is 0 Å². The monoisotopic (exact) mass is 295 g/mol. The molecule has 1 heterocycles. The number of halogens is 1. The Balaban J connectivity index is 2.19. The van der Waals surface area contributed by atoms with Gasteiger partial charge in [0.25, 0.3) is 0 Å². The van der Waals surface area contributed by atoms with Crippen LogP contribution < -0.4 is 5.73 Å². The largest absolute Gasteiger partial charge is 0.456 e. The topological polar surface area (TPSA) is 61.6 Å². The molecule has 1 unspecified atom stereocenters. The summed E-state index contributed by atoms with van der Waals surface area (Å²) < 4.78 is 25.1. The van der Waals surface area contributed by atoms with Crippen molar-refractivity contribution in [3.8, 4) is 0 Å². The van der Waals surface area contributed by atoms with Gasteiger partial charge in [-0.2, -0.15) is 0 Å². The maximum atomic E-state index is 13.7. The van der Waals surface area contributed by atoms with Crippen molar-refractivity contribution >= 4 is 11.7 Å². The summed E-state index contributed by atoms with van der Waals surface area (Å²) in [5, 5.41) is 0. The third kappa shape index (κ3) is 3.18. The average Bonchev–Trinajstić information content (AvgIpc) is 2.53. The second-order valence-electron chi connectivity index (χ2n) is 6.74. The number of esters is 1. The number of nitrogen functional groups attached to an aromatic ring is 1. The lowest BCUT2D eigenvalue weighted by Gasteiger charge is -2.26. The smallest absolute Gasteiger partial charge is 0.338 e. The zero-order valence-corrected chi connectivity index (χ0v) is 13.1. The molecule has 0 aliphatic carbocycles. The molecule has 0 amide bonds. The minimum absolute atomic E-state index is 0.121. The van der Waals surface area contributed by atoms with Crippen molar-refractivity contribution in [2.45, 2.75) is 58.3 Å². The number of ether oxygens (including phenoxy) is 2.